The van der Waals surface area contributed by atoms with Gasteiger partial charge in [0.1, 0.15) is 11.3 Å². The quantitative estimate of drug-likeness (QED) is 0.441. The number of unbranched alkanes of at least 4 members (excludes halogenated alkanes) is 1. The summed E-state index contributed by atoms with van der Waals surface area (Å²) in [6, 6.07) is 5.20. The van der Waals surface area contributed by atoms with Crippen molar-refractivity contribution in [1.29, 1.82) is 0 Å². The highest BCUT2D eigenvalue weighted by Crippen LogP contribution is 2.43. The molecular formula is C18H19ClO4. The molecule has 0 N–H and O–H groups in total. The molecule has 0 amide bonds. The van der Waals surface area contributed by atoms with Gasteiger partial charge in [0.15, 0.2) is 5.78 Å². The summed E-state index contributed by atoms with van der Waals surface area (Å²) in [4.78, 5) is 24.4. The first-order valence-corrected chi connectivity index (χ1v) is 8.29. The Morgan fingerprint density at radius 1 is 1.30 bits per heavy atom. The van der Waals surface area contributed by atoms with Gasteiger partial charge in [-0.25, -0.2) is 0 Å². The molecule has 2 unspecified atom stereocenters. The molecule has 1 saturated carbocycles. The van der Waals surface area contributed by atoms with Crippen molar-refractivity contribution in [2.24, 2.45) is 11.8 Å². The van der Waals surface area contributed by atoms with Crippen molar-refractivity contribution in [1.82, 2.24) is 0 Å². The van der Waals surface area contributed by atoms with Crippen LogP contribution in [0, 0.1) is 18.8 Å². The van der Waals surface area contributed by atoms with Gasteiger partial charge in [0.05, 0.1) is 17.5 Å². The molecule has 122 valence electrons. The zero-order valence-electron chi connectivity index (χ0n) is 13.2. The van der Waals surface area contributed by atoms with Crippen LogP contribution in [0.4, 0.5) is 0 Å². The number of halogens is 1. The van der Waals surface area contributed by atoms with Gasteiger partial charge < -0.3 is 9.15 Å². The van der Waals surface area contributed by atoms with Gasteiger partial charge in [0, 0.05) is 16.9 Å². The van der Waals surface area contributed by atoms with E-state index >= 15 is 0 Å². The maximum atomic E-state index is 12.5. The molecule has 0 saturated heterocycles. The molecular weight excluding hydrogens is 316 g/mol. The lowest BCUT2D eigenvalue weighted by molar-refractivity contribution is -0.145. The summed E-state index contributed by atoms with van der Waals surface area (Å²) >= 11 is 6.22. The molecule has 2 atom stereocenters. The minimum absolute atomic E-state index is 0.0692. The van der Waals surface area contributed by atoms with Crippen LogP contribution in [0.25, 0.3) is 11.0 Å². The normalized spacial score (nSPS) is 19.8. The number of aryl methyl sites for hydroxylation is 1. The summed E-state index contributed by atoms with van der Waals surface area (Å²) in [6.07, 6.45) is 2.37. The summed E-state index contributed by atoms with van der Waals surface area (Å²) in [7, 11) is 0. The SMILES string of the molecule is CCCCOC(=O)C1CC1C(=O)c1cc(Cl)c2cc(C)oc2c1. The van der Waals surface area contributed by atoms with E-state index in [4.69, 9.17) is 20.8 Å². The lowest BCUT2D eigenvalue weighted by Gasteiger charge is -2.04. The number of benzene rings is 1. The van der Waals surface area contributed by atoms with Gasteiger partial charge in [-0.1, -0.05) is 24.9 Å². The third-order valence-corrected chi connectivity index (χ3v) is 4.48. The zero-order valence-corrected chi connectivity index (χ0v) is 14.0. The number of hydrogen-bond donors (Lipinski definition) is 0. The zero-order chi connectivity index (χ0) is 16.6. The number of hydrogen-bond acceptors (Lipinski definition) is 4. The summed E-state index contributed by atoms with van der Waals surface area (Å²) in [5, 5.41) is 1.29. The number of carbonyl (C=O) groups excluding carboxylic acids is 2. The van der Waals surface area contributed by atoms with Crippen molar-refractivity contribution in [3.8, 4) is 0 Å². The first-order chi connectivity index (χ1) is 11.0. The minimum atomic E-state index is -0.313. The molecule has 1 fully saturated rings. The standard InChI is InChI=1S/C18H19ClO4/c1-3-4-5-22-18(21)13-9-12(13)17(20)11-7-15(19)14-6-10(2)23-16(14)8-11/h6-8,12-13H,3-5,9H2,1-2H3. The largest absolute Gasteiger partial charge is 0.465 e. The van der Waals surface area contributed by atoms with Crippen LogP contribution in [0.2, 0.25) is 5.02 Å². The molecule has 1 aromatic heterocycles. The third kappa shape index (κ3) is 3.27. The van der Waals surface area contributed by atoms with Crippen molar-refractivity contribution in [3.63, 3.8) is 0 Å². The van der Waals surface area contributed by atoms with Gasteiger partial charge in [0.2, 0.25) is 0 Å². The summed E-state index contributed by atoms with van der Waals surface area (Å²) in [6.45, 7) is 4.30. The van der Waals surface area contributed by atoms with Crippen LogP contribution in [0.1, 0.15) is 42.3 Å². The van der Waals surface area contributed by atoms with Crippen LogP contribution in [-0.2, 0) is 9.53 Å². The summed E-state index contributed by atoms with van der Waals surface area (Å²) in [5.41, 5.74) is 1.09. The van der Waals surface area contributed by atoms with Gasteiger partial charge >= 0.3 is 5.97 Å². The average Bonchev–Trinajstić information content (AvgIpc) is 3.22. The maximum absolute atomic E-state index is 12.5. The van der Waals surface area contributed by atoms with Crippen LogP contribution in [0.15, 0.2) is 22.6 Å². The van der Waals surface area contributed by atoms with E-state index in [9.17, 15) is 9.59 Å². The van der Waals surface area contributed by atoms with Crippen molar-refractivity contribution in [3.05, 3.63) is 34.5 Å². The van der Waals surface area contributed by atoms with Crippen molar-refractivity contribution in [2.75, 3.05) is 6.61 Å². The summed E-state index contributed by atoms with van der Waals surface area (Å²) < 4.78 is 10.7. The Bertz CT molecular complexity index is 762. The molecule has 4 nitrogen and oxygen atoms in total. The molecule has 23 heavy (non-hydrogen) atoms. The number of Topliss-reactive ketones (excluding diaryl/α,β-unsaturated/α-hetero) is 1. The van der Waals surface area contributed by atoms with Crippen LogP contribution in [0.5, 0.6) is 0 Å². The predicted octanol–water partition coefficient (Wildman–Crippen LogP) is 4.56. The number of ketones is 1. The fourth-order valence-corrected chi connectivity index (χ4v) is 3.01. The van der Waals surface area contributed by atoms with E-state index in [1.165, 1.54) is 0 Å². The highest BCUT2D eigenvalue weighted by Gasteiger charge is 2.49. The Balaban J connectivity index is 1.71. The second kappa shape index (κ2) is 6.36. The maximum Gasteiger partial charge on any atom is 0.309 e. The van der Waals surface area contributed by atoms with Crippen molar-refractivity contribution >= 4 is 34.3 Å². The summed E-state index contributed by atoms with van der Waals surface area (Å²) in [5.74, 6) is -0.200. The Morgan fingerprint density at radius 3 is 2.83 bits per heavy atom. The van der Waals surface area contributed by atoms with Crippen molar-refractivity contribution < 1.29 is 18.7 Å². The molecule has 1 heterocycles. The third-order valence-electron chi connectivity index (χ3n) is 4.17. The molecule has 1 aliphatic carbocycles. The molecule has 1 aromatic carbocycles. The van der Waals surface area contributed by atoms with Gasteiger partial charge in [-0.15, -0.1) is 0 Å². The Hall–Kier alpha value is -1.81. The van der Waals surface area contributed by atoms with Gasteiger partial charge in [-0.3, -0.25) is 9.59 Å². The van der Waals surface area contributed by atoms with Crippen LogP contribution in [0.3, 0.4) is 0 Å². The number of rotatable bonds is 6. The number of carbonyl (C=O) groups is 2. The number of furan rings is 1. The average molecular weight is 335 g/mol. The van der Waals surface area contributed by atoms with E-state index in [0.717, 1.165) is 24.0 Å². The molecule has 0 radical (unpaired) electrons. The van der Waals surface area contributed by atoms with E-state index in [1.807, 2.05) is 19.9 Å². The van der Waals surface area contributed by atoms with E-state index in [2.05, 4.69) is 0 Å². The second-order valence-corrected chi connectivity index (χ2v) is 6.47. The minimum Gasteiger partial charge on any atom is -0.465 e. The van der Waals surface area contributed by atoms with E-state index in [0.29, 0.717) is 29.2 Å². The number of ether oxygens (including phenoxy) is 1. The second-order valence-electron chi connectivity index (χ2n) is 6.06. The van der Waals surface area contributed by atoms with E-state index in [1.54, 1.807) is 12.1 Å². The molecule has 0 spiro atoms. The van der Waals surface area contributed by atoms with Crippen LogP contribution >= 0.6 is 11.6 Å². The molecule has 0 bridgehead atoms. The van der Waals surface area contributed by atoms with Crippen LogP contribution < -0.4 is 0 Å². The smallest absolute Gasteiger partial charge is 0.309 e. The molecule has 3 rings (SSSR count). The lowest BCUT2D eigenvalue weighted by atomic mass is 10.0. The van der Waals surface area contributed by atoms with Gasteiger partial charge in [0.25, 0.3) is 0 Å². The lowest BCUT2D eigenvalue weighted by Crippen LogP contribution is -2.12. The first-order valence-electron chi connectivity index (χ1n) is 7.91. The molecule has 2 aromatic rings. The fourth-order valence-electron chi connectivity index (χ4n) is 2.75. The molecule has 5 heteroatoms. The number of esters is 1. The Labute approximate surface area is 139 Å². The predicted molar refractivity (Wildman–Crippen MR) is 87.8 cm³/mol. The van der Waals surface area contributed by atoms with E-state index < -0.39 is 0 Å². The fraction of sp³-hybridized carbons (Fsp3) is 0.444. The van der Waals surface area contributed by atoms with Crippen LogP contribution in [-0.4, -0.2) is 18.4 Å². The van der Waals surface area contributed by atoms with Gasteiger partial charge in [-0.05, 0) is 38.0 Å². The monoisotopic (exact) mass is 334 g/mol. The Kier molecular flexibility index (Phi) is 4.44. The van der Waals surface area contributed by atoms with E-state index in [-0.39, 0.29) is 23.6 Å². The number of fused-ring (bicyclic) bond motifs is 1. The molecule has 1 aliphatic rings. The molecule has 0 aliphatic heterocycles. The van der Waals surface area contributed by atoms with Gasteiger partial charge in [-0.2, -0.15) is 0 Å². The first kappa shape index (κ1) is 16.1. The highest BCUT2D eigenvalue weighted by atomic mass is 35.5. The van der Waals surface area contributed by atoms with Crippen molar-refractivity contribution in [2.45, 2.75) is 33.1 Å². The highest BCUT2D eigenvalue weighted by molar-refractivity contribution is 6.35. The topological polar surface area (TPSA) is 56.5 Å². The Morgan fingerprint density at radius 2 is 2.09 bits per heavy atom.